The lowest BCUT2D eigenvalue weighted by molar-refractivity contribution is 1.26. The first-order valence-electron chi connectivity index (χ1n) is 3.78. The van der Waals surface area contributed by atoms with Gasteiger partial charge in [0.15, 0.2) is 0 Å². The first-order valence-corrected chi connectivity index (χ1v) is 5.36. The molecule has 0 fully saturated rings. The second-order valence-corrected chi connectivity index (χ2v) is 4.36. The van der Waals surface area contributed by atoms with E-state index >= 15 is 0 Å². The number of pyridine rings is 1. The highest BCUT2D eigenvalue weighted by Gasteiger charge is 2.03. The maximum absolute atomic E-state index is 4.26. The second kappa shape index (κ2) is 4.72. The lowest BCUT2D eigenvalue weighted by Crippen LogP contribution is -1.87. The summed E-state index contributed by atoms with van der Waals surface area (Å²) in [6.45, 7) is 5.79. The van der Waals surface area contributed by atoms with Gasteiger partial charge >= 0.3 is 0 Å². The quantitative estimate of drug-likeness (QED) is 0.796. The van der Waals surface area contributed by atoms with Crippen LogP contribution >= 0.6 is 31.9 Å². The number of halogens is 2. The zero-order valence-corrected chi connectivity index (χ0v) is 10.4. The van der Waals surface area contributed by atoms with Gasteiger partial charge in [-0.1, -0.05) is 28.6 Å². The third-order valence-corrected chi connectivity index (χ3v) is 2.36. The van der Waals surface area contributed by atoms with Crippen LogP contribution in [0.25, 0.3) is 10.6 Å². The van der Waals surface area contributed by atoms with Crippen molar-refractivity contribution in [2.75, 3.05) is 0 Å². The molecular formula is C10H9Br2N. The number of hydrogen-bond donors (Lipinski definition) is 0. The molecule has 0 aliphatic rings. The summed E-state index contributed by atoms with van der Waals surface area (Å²) in [6, 6.07) is 1.99. The molecule has 0 amide bonds. The van der Waals surface area contributed by atoms with Gasteiger partial charge in [-0.25, -0.2) is 0 Å². The highest BCUT2D eigenvalue weighted by molar-refractivity contribution is 9.15. The number of nitrogens with zero attached hydrogens (tertiary/aromatic N) is 1. The van der Waals surface area contributed by atoms with Crippen molar-refractivity contribution in [3.63, 3.8) is 0 Å². The van der Waals surface area contributed by atoms with E-state index in [1.807, 2.05) is 25.1 Å². The van der Waals surface area contributed by atoms with E-state index in [0.29, 0.717) is 0 Å². The smallest absolute Gasteiger partial charge is 0.0710 e. The van der Waals surface area contributed by atoms with Crippen molar-refractivity contribution in [3.05, 3.63) is 40.6 Å². The molecule has 0 unspecified atom stereocenters. The summed E-state index contributed by atoms with van der Waals surface area (Å²) in [5, 5.41) is 0. The molecule has 1 nitrogen and oxygen atoms in total. The van der Waals surface area contributed by atoms with E-state index in [4.69, 9.17) is 0 Å². The second-order valence-electron chi connectivity index (χ2n) is 2.49. The first-order chi connectivity index (χ1) is 6.15. The molecule has 68 valence electrons. The van der Waals surface area contributed by atoms with E-state index in [9.17, 15) is 0 Å². The summed E-state index contributed by atoms with van der Waals surface area (Å²) in [7, 11) is 0. The number of hydrogen-bond acceptors (Lipinski definition) is 1. The number of aromatic nitrogens is 1. The lowest BCUT2D eigenvalue weighted by Gasteiger charge is -2.03. The normalized spacial score (nSPS) is 10.7. The van der Waals surface area contributed by atoms with Crippen molar-refractivity contribution in [1.82, 2.24) is 4.98 Å². The van der Waals surface area contributed by atoms with Gasteiger partial charge in [0.05, 0.1) is 5.69 Å². The van der Waals surface area contributed by atoms with Crippen LogP contribution in [0.5, 0.6) is 0 Å². The SMILES string of the molecule is C=C(Br)c1cc(Br)cnc1/C=C\C. The maximum Gasteiger partial charge on any atom is 0.0710 e. The van der Waals surface area contributed by atoms with E-state index in [-0.39, 0.29) is 0 Å². The average Bonchev–Trinajstić information content (AvgIpc) is 2.08. The molecule has 0 aromatic carbocycles. The fourth-order valence-corrected chi connectivity index (χ4v) is 1.61. The topological polar surface area (TPSA) is 12.9 Å². The third-order valence-electron chi connectivity index (χ3n) is 1.50. The molecule has 1 aromatic rings. The Balaban J connectivity index is 3.26. The third kappa shape index (κ3) is 2.78. The van der Waals surface area contributed by atoms with Gasteiger partial charge in [-0.3, -0.25) is 4.98 Å². The summed E-state index contributed by atoms with van der Waals surface area (Å²) in [4.78, 5) is 4.26. The molecule has 0 saturated carbocycles. The summed E-state index contributed by atoms with van der Waals surface area (Å²) in [5.74, 6) is 0. The minimum atomic E-state index is 0.842. The van der Waals surface area contributed by atoms with Gasteiger partial charge < -0.3 is 0 Å². The molecule has 1 aromatic heterocycles. The largest absolute Gasteiger partial charge is 0.255 e. The lowest BCUT2D eigenvalue weighted by atomic mass is 10.2. The van der Waals surface area contributed by atoms with Crippen molar-refractivity contribution in [2.24, 2.45) is 0 Å². The molecule has 0 saturated heterocycles. The molecule has 0 bridgehead atoms. The van der Waals surface area contributed by atoms with Gasteiger partial charge in [-0.15, -0.1) is 0 Å². The van der Waals surface area contributed by atoms with Gasteiger partial charge in [-0.2, -0.15) is 0 Å². The summed E-state index contributed by atoms with van der Waals surface area (Å²) in [6.07, 6.45) is 5.68. The fourth-order valence-electron chi connectivity index (χ4n) is 0.958. The standard InChI is InChI=1S/C10H9Br2N/c1-3-4-10-9(7(2)11)5-8(12)6-13-10/h3-6H,2H2,1H3/b4-3-. The molecule has 1 heterocycles. The summed E-state index contributed by atoms with van der Waals surface area (Å²) >= 11 is 6.72. The van der Waals surface area contributed by atoms with Crippen LogP contribution in [0, 0.1) is 0 Å². The average molecular weight is 303 g/mol. The van der Waals surface area contributed by atoms with Crippen LogP contribution in [0.3, 0.4) is 0 Å². The predicted octanol–water partition coefficient (Wildman–Crippen LogP) is 4.24. The minimum Gasteiger partial charge on any atom is -0.255 e. The van der Waals surface area contributed by atoms with Crippen LogP contribution in [-0.2, 0) is 0 Å². The van der Waals surface area contributed by atoms with Gasteiger partial charge in [0, 0.05) is 20.7 Å². The molecule has 0 radical (unpaired) electrons. The predicted molar refractivity (Wildman–Crippen MR) is 64.6 cm³/mol. The van der Waals surface area contributed by atoms with Crippen molar-refractivity contribution in [3.8, 4) is 0 Å². The zero-order chi connectivity index (χ0) is 9.84. The molecule has 0 N–H and O–H groups in total. The monoisotopic (exact) mass is 301 g/mol. The fraction of sp³-hybridized carbons (Fsp3) is 0.100. The Labute approximate surface area is 94.8 Å². The van der Waals surface area contributed by atoms with Crippen molar-refractivity contribution < 1.29 is 0 Å². The molecule has 0 aliphatic heterocycles. The molecule has 1 rings (SSSR count). The highest BCUT2D eigenvalue weighted by atomic mass is 79.9. The Morgan fingerprint density at radius 2 is 2.31 bits per heavy atom. The first kappa shape index (κ1) is 10.7. The Bertz CT molecular complexity index is 356. The van der Waals surface area contributed by atoms with Crippen LogP contribution in [0.2, 0.25) is 0 Å². The molecule has 0 atom stereocenters. The molecule has 0 spiro atoms. The van der Waals surface area contributed by atoms with Gasteiger partial charge in [0.2, 0.25) is 0 Å². The van der Waals surface area contributed by atoms with Crippen molar-refractivity contribution in [2.45, 2.75) is 6.92 Å². The van der Waals surface area contributed by atoms with E-state index < -0.39 is 0 Å². The van der Waals surface area contributed by atoms with Crippen molar-refractivity contribution >= 4 is 42.4 Å². The Morgan fingerprint density at radius 1 is 1.62 bits per heavy atom. The summed E-state index contributed by atoms with van der Waals surface area (Å²) in [5.41, 5.74) is 1.93. The zero-order valence-electron chi connectivity index (χ0n) is 7.22. The Morgan fingerprint density at radius 3 is 2.85 bits per heavy atom. The number of rotatable bonds is 2. The van der Waals surface area contributed by atoms with Crippen LogP contribution in [-0.4, -0.2) is 4.98 Å². The van der Waals surface area contributed by atoms with Crippen molar-refractivity contribution in [1.29, 1.82) is 0 Å². The Kier molecular flexibility index (Phi) is 3.88. The van der Waals surface area contributed by atoms with E-state index in [0.717, 1.165) is 20.2 Å². The van der Waals surface area contributed by atoms with Gasteiger partial charge in [0.1, 0.15) is 0 Å². The summed E-state index contributed by atoms with van der Waals surface area (Å²) < 4.78 is 1.80. The van der Waals surface area contributed by atoms with E-state index in [1.165, 1.54) is 0 Å². The molecular weight excluding hydrogens is 294 g/mol. The number of allylic oxidation sites excluding steroid dienone is 1. The maximum atomic E-state index is 4.26. The Hall–Kier alpha value is -0.410. The molecule has 0 aliphatic carbocycles. The van der Waals surface area contributed by atoms with Gasteiger partial charge in [-0.05, 0) is 35.0 Å². The van der Waals surface area contributed by atoms with E-state index in [2.05, 4.69) is 43.4 Å². The van der Waals surface area contributed by atoms with Crippen LogP contribution in [0.4, 0.5) is 0 Å². The molecule has 13 heavy (non-hydrogen) atoms. The van der Waals surface area contributed by atoms with Crippen LogP contribution < -0.4 is 0 Å². The highest BCUT2D eigenvalue weighted by Crippen LogP contribution is 2.25. The van der Waals surface area contributed by atoms with Crippen LogP contribution in [0.15, 0.2) is 29.4 Å². The van der Waals surface area contributed by atoms with Crippen LogP contribution in [0.1, 0.15) is 18.2 Å². The molecule has 3 heteroatoms. The minimum absolute atomic E-state index is 0.842. The van der Waals surface area contributed by atoms with Gasteiger partial charge in [0.25, 0.3) is 0 Å². The van der Waals surface area contributed by atoms with E-state index in [1.54, 1.807) is 6.20 Å².